The summed E-state index contributed by atoms with van der Waals surface area (Å²) in [6.07, 6.45) is 0. The van der Waals surface area contributed by atoms with E-state index >= 15 is 0 Å². The molecule has 7 heavy (non-hydrogen) atoms. The Labute approximate surface area is 55.0 Å². The first-order chi connectivity index (χ1) is 3.06. The molecule has 3 N–H and O–H groups in total. The topological polar surface area (TPSA) is 38.0 Å². The van der Waals surface area contributed by atoms with Crippen molar-refractivity contribution in [3.8, 4) is 0 Å². The average Bonchev–Trinajstić information content (AvgIpc) is 1.30. The van der Waals surface area contributed by atoms with Gasteiger partial charge in [-0.1, -0.05) is 0 Å². The third-order valence-corrected chi connectivity index (χ3v) is 2.03. The molecule has 0 aromatic heterocycles. The molecular formula is C3H12IN3. The second kappa shape index (κ2) is 2.81. The van der Waals surface area contributed by atoms with Crippen LogP contribution in [-0.4, -0.2) is 23.7 Å². The van der Waals surface area contributed by atoms with Crippen molar-refractivity contribution in [1.82, 2.24) is 3.64 Å². The van der Waals surface area contributed by atoms with Gasteiger partial charge in [0.25, 0.3) is 0 Å². The molecule has 0 rings (SSSR count). The van der Waals surface area contributed by atoms with E-state index < -0.39 is 0 Å². The number of nitrogens with zero attached hydrogens (tertiary/aromatic N) is 1. The standard InChI is InChI=1S/C3H12IN3/c1-4-6-7(2,3)5/h6H,5H2,1-3H3. The maximum absolute atomic E-state index is 5.50. The van der Waals surface area contributed by atoms with Gasteiger partial charge in [0.05, 0.1) is 0 Å². The molecule has 0 saturated heterocycles. The summed E-state index contributed by atoms with van der Waals surface area (Å²) in [5.74, 6) is 5.50. The van der Waals surface area contributed by atoms with Crippen molar-refractivity contribution in [2.45, 2.75) is 0 Å². The normalized spacial score (nSPS) is 12.6. The quantitative estimate of drug-likeness (QED) is 0.124. The Morgan fingerprint density at radius 3 is 2.00 bits per heavy atom. The predicted octanol–water partition coefficient (Wildman–Crippen LogP) is -3.93. The van der Waals surface area contributed by atoms with Crippen molar-refractivity contribution in [1.29, 1.82) is 0 Å². The fraction of sp³-hybridized carbons (Fsp3) is 1.00. The Morgan fingerprint density at radius 1 is 1.57 bits per heavy atom. The summed E-state index contributed by atoms with van der Waals surface area (Å²) < 4.78 is 3.50. The van der Waals surface area contributed by atoms with Crippen molar-refractivity contribution in [3.63, 3.8) is 0 Å². The van der Waals surface area contributed by atoms with E-state index in [4.69, 9.17) is 5.84 Å². The fourth-order valence-corrected chi connectivity index (χ4v) is 1.46. The summed E-state index contributed by atoms with van der Waals surface area (Å²) in [6.45, 7) is 0. The molecule has 0 amide bonds. The van der Waals surface area contributed by atoms with Crippen LogP contribution in [-0.2, 0) is 0 Å². The van der Waals surface area contributed by atoms with E-state index in [2.05, 4.69) is 8.57 Å². The van der Waals surface area contributed by atoms with Gasteiger partial charge in [-0.15, -0.1) is 0 Å². The zero-order chi connectivity index (χ0) is 5.91. The van der Waals surface area contributed by atoms with Crippen molar-refractivity contribution in [2.24, 2.45) is 5.84 Å². The molecule has 0 aliphatic rings. The summed E-state index contributed by atoms with van der Waals surface area (Å²) in [5, 5.41) is 0. The molecule has 0 spiro atoms. The van der Waals surface area contributed by atoms with Gasteiger partial charge in [-0.3, -0.25) is 0 Å². The zero-order valence-electron chi connectivity index (χ0n) is 4.90. The monoisotopic (exact) mass is 217 g/mol. The summed E-state index contributed by atoms with van der Waals surface area (Å²) in [4.78, 5) is 2.13. The first-order valence-corrected chi connectivity index (χ1v) is 5.18. The van der Waals surface area contributed by atoms with E-state index in [0.717, 1.165) is 0 Å². The van der Waals surface area contributed by atoms with Gasteiger partial charge in [-0.05, 0) is 0 Å². The third kappa shape index (κ3) is 6.61. The Hall–Kier alpha value is 0.610. The molecule has 46 valence electrons. The van der Waals surface area contributed by atoms with E-state index in [9.17, 15) is 0 Å². The predicted molar refractivity (Wildman–Crippen MR) is 25.4 cm³/mol. The molecule has 0 radical (unpaired) electrons. The van der Waals surface area contributed by atoms with Crippen molar-refractivity contribution >= 4 is 0 Å². The molecule has 0 aliphatic carbocycles. The van der Waals surface area contributed by atoms with Gasteiger partial charge in [0.1, 0.15) is 0 Å². The Balaban J connectivity index is 3.15. The van der Waals surface area contributed by atoms with Crippen LogP contribution in [0.4, 0.5) is 0 Å². The van der Waals surface area contributed by atoms with Crippen LogP contribution >= 0.6 is 0 Å². The van der Waals surface area contributed by atoms with Crippen LogP contribution in [0.25, 0.3) is 0 Å². The molecule has 4 heteroatoms. The van der Waals surface area contributed by atoms with Crippen LogP contribution in [0.3, 0.4) is 0 Å². The third-order valence-electron chi connectivity index (χ3n) is 0.302. The van der Waals surface area contributed by atoms with Gasteiger partial charge in [0.2, 0.25) is 0 Å². The summed E-state index contributed by atoms with van der Waals surface area (Å²) in [5.41, 5.74) is 0. The van der Waals surface area contributed by atoms with E-state index in [0.29, 0.717) is 4.70 Å². The van der Waals surface area contributed by atoms with Crippen molar-refractivity contribution in [3.05, 3.63) is 0 Å². The van der Waals surface area contributed by atoms with E-state index in [1.807, 2.05) is 14.1 Å². The number of hydrogen-bond acceptors (Lipinski definition) is 2. The molecule has 0 aromatic rings. The summed E-state index contributed by atoms with van der Waals surface area (Å²) >= 11 is 0.115. The number of nitrogens with one attached hydrogen (secondary N) is 1. The maximum atomic E-state index is 5.50. The van der Waals surface area contributed by atoms with Crippen LogP contribution < -0.4 is 31.0 Å². The van der Waals surface area contributed by atoms with Crippen LogP contribution in [0, 0.1) is 0 Å². The molecule has 3 nitrogen and oxygen atoms in total. The molecule has 0 heterocycles. The minimum atomic E-state index is 0.115. The van der Waals surface area contributed by atoms with E-state index in [1.165, 1.54) is 0 Å². The van der Waals surface area contributed by atoms with Crippen LogP contribution in [0.15, 0.2) is 0 Å². The number of nitrogens with two attached hydrogens (primary N) is 1. The van der Waals surface area contributed by atoms with Gasteiger partial charge in [-0.25, -0.2) is 0 Å². The number of alkyl halides is 1. The number of quaternary nitrogens is 1. The minimum absolute atomic E-state index is 0.115. The van der Waals surface area contributed by atoms with Gasteiger partial charge in [0.15, 0.2) is 0 Å². The van der Waals surface area contributed by atoms with Crippen molar-refractivity contribution < 1.29 is 26.2 Å². The summed E-state index contributed by atoms with van der Waals surface area (Å²) in [6, 6.07) is 0. The Morgan fingerprint density at radius 2 is 2.00 bits per heavy atom. The first-order valence-electron chi connectivity index (χ1n) is 1.94. The number of halogens is 1. The van der Waals surface area contributed by atoms with E-state index in [-0.39, 0.29) is 21.5 Å². The molecule has 0 aromatic carbocycles. The average molecular weight is 217 g/mol. The second-order valence-electron chi connectivity index (χ2n) is 1.81. The van der Waals surface area contributed by atoms with Gasteiger partial charge >= 0.3 is 54.7 Å². The van der Waals surface area contributed by atoms with Crippen LogP contribution in [0.1, 0.15) is 0 Å². The molecule has 0 bridgehead atoms. The van der Waals surface area contributed by atoms with Crippen molar-refractivity contribution in [2.75, 3.05) is 19.0 Å². The van der Waals surface area contributed by atoms with Crippen LogP contribution in [0.2, 0.25) is 0 Å². The van der Waals surface area contributed by atoms with Crippen LogP contribution in [0.5, 0.6) is 0 Å². The fourth-order valence-electron chi connectivity index (χ4n) is 0.218. The Kier molecular flexibility index (Phi) is 3.05. The summed E-state index contributed by atoms with van der Waals surface area (Å²) in [7, 11) is 3.81. The van der Waals surface area contributed by atoms with E-state index in [1.54, 1.807) is 0 Å². The van der Waals surface area contributed by atoms with Gasteiger partial charge in [-0.2, -0.15) is 0 Å². The molecular weight excluding hydrogens is 205 g/mol. The molecule has 0 saturated carbocycles. The molecule has 0 unspecified atom stereocenters. The molecule has 0 fully saturated rings. The second-order valence-corrected chi connectivity index (χ2v) is 3.37. The SMILES string of the molecule is C[I-]N[N+](C)(C)N. The number of hydrogen-bond donors (Lipinski definition) is 2. The van der Waals surface area contributed by atoms with Gasteiger partial charge in [0, 0.05) is 0 Å². The zero-order valence-corrected chi connectivity index (χ0v) is 7.06. The molecule has 0 aliphatic heterocycles. The number of rotatable bonds is 2. The Bertz CT molecular complexity index is 48.6. The molecule has 0 atom stereocenters. The van der Waals surface area contributed by atoms with Gasteiger partial charge < -0.3 is 0 Å². The first kappa shape index (κ1) is 7.61.